The standard InChI is InChI=1S/C12H20N4O2S/c1-2-6-16-11(18)13-14-12(16)19-9-10(17)15-7-4-3-5-8-15/h2-9H2,1H3,(H,13,18). The minimum Gasteiger partial charge on any atom is -0.342 e. The van der Waals surface area contributed by atoms with E-state index in [4.69, 9.17) is 0 Å². The van der Waals surface area contributed by atoms with Gasteiger partial charge in [-0.25, -0.2) is 9.89 Å². The fraction of sp³-hybridized carbons (Fsp3) is 0.750. The zero-order chi connectivity index (χ0) is 13.7. The summed E-state index contributed by atoms with van der Waals surface area (Å²) in [5.41, 5.74) is -0.199. The number of hydrogen-bond acceptors (Lipinski definition) is 4. The van der Waals surface area contributed by atoms with Gasteiger partial charge in [-0.05, 0) is 25.7 Å². The van der Waals surface area contributed by atoms with Crippen molar-refractivity contribution in [3.63, 3.8) is 0 Å². The van der Waals surface area contributed by atoms with Crippen LogP contribution in [0.3, 0.4) is 0 Å². The Morgan fingerprint density at radius 3 is 2.79 bits per heavy atom. The Bertz CT molecular complexity index is 476. The maximum absolute atomic E-state index is 12.0. The van der Waals surface area contributed by atoms with Gasteiger partial charge in [-0.1, -0.05) is 18.7 Å². The first-order valence-corrected chi connectivity index (χ1v) is 7.76. The van der Waals surface area contributed by atoms with E-state index in [-0.39, 0.29) is 11.6 Å². The van der Waals surface area contributed by atoms with E-state index < -0.39 is 0 Å². The number of likely N-dealkylation sites (tertiary alicyclic amines) is 1. The molecule has 0 aromatic carbocycles. The van der Waals surface area contributed by atoms with Crippen LogP contribution in [0.1, 0.15) is 32.6 Å². The van der Waals surface area contributed by atoms with Crippen LogP contribution >= 0.6 is 11.8 Å². The molecule has 0 bridgehead atoms. The second-order valence-corrected chi connectivity index (χ2v) is 5.64. The number of H-pyrrole nitrogens is 1. The Hall–Kier alpha value is -1.24. The number of carbonyl (C=O) groups is 1. The van der Waals surface area contributed by atoms with Gasteiger partial charge in [0.25, 0.3) is 0 Å². The summed E-state index contributed by atoms with van der Waals surface area (Å²) >= 11 is 1.34. The molecule has 1 saturated heterocycles. The lowest BCUT2D eigenvalue weighted by Gasteiger charge is -2.26. The van der Waals surface area contributed by atoms with Crippen molar-refractivity contribution in [3.05, 3.63) is 10.5 Å². The minimum atomic E-state index is -0.199. The van der Waals surface area contributed by atoms with Gasteiger partial charge in [-0.3, -0.25) is 9.36 Å². The Morgan fingerprint density at radius 2 is 2.11 bits per heavy atom. The lowest BCUT2D eigenvalue weighted by molar-refractivity contribution is -0.129. The number of nitrogens with one attached hydrogen (secondary N) is 1. The first-order valence-electron chi connectivity index (χ1n) is 6.78. The van der Waals surface area contributed by atoms with Crippen molar-refractivity contribution in [2.75, 3.05) is 18.8 Å². The second kappa shape index (κ2) is 6.79. The van der Waals surface area contributed by atoms with Crippen molar-refractivity contribution >= 4 is 17.7 Å². The molecule has 2 heterocycles. The van der Waals surface area contributed by atoms with Gasteiger partial charge < -0.3 is 4.90 Å². The molecule has 2 rings (SSSR count). The second-order valence-electron chi connectivity index (χ2n) is 4.69. The zero-order valence-electron chi connectivity index (χ0n) is 11.2. The van der Waals surface area contributed by atoms with Crippen LogP contribution in [0, 0.1) is 0 Å². The van der Waals surface area contributed by atoms with Crippen molar-refractivity contribution < 1.29 is 4.79 Å². The average Bonchev–Trinajstić information content (AvgIpc) is 2.79. The van der Waals surface area contributed by atoms with Crippen molar-refractivity contribution in [1.29, 1.82) is 0 Å². The van der Waals surface area contributed by atoms with E-state index >= 15 is 0 Å². The van der Waals surface area contributed by atoms with Crippen molar-refractivity contribution in [1.82, 2.24) is 19.7 Å². The fourth-order valence-corrected chi connectivity index (χ4v) is 3.07. The van der Waals surface area contributed by atoms with Crippen LogP contribution in [0.15, 0.2) is 9.95 Å². The molecule has 1 aliphatic heterocycles. The highest BCUT2D eigenvalue weighted by atomic mass is 32.2. The fourth-order valence-electron chi connectivity index (χ4n) is 2.20. The summed E-state index contributed by atoms with van der Waals surface area (Å²) in [6, 6.07) is 0. The minimum absolute atomic E-state index is 0.142. The van der Waals surface area contributed by atoms with Crippen LogP contribution in [-0.4, -0.2) is 44.4 Å². The molecular formula is C12H20N4O2S. The van der Waals surface area contributed by atoms with E-state index in [0.717, 1.165) is 32.4 Å². The van der Waals surface area contributed by atoms with Crippen molar-refractivity contribution in [2.24, 2.45) is 0 Å². The molecule has 0 saturated carbocycles. The van der Waals surface area contributed by atoms with Crippen molar-refractivity contribution in [3.8, 4) is 0 Å². The highest BCUT2D eigenvalue weighted by molar-refractivity contribution is 7.99. The number of carbonyl (C=O) groups excluding carboxylic acids is 1. The van der Waals surface area contributed by atoms with Gasteiger partial charge in [0.2, 0.25) is 5.91 Å². The highest BCUT2D eigenvalue weighted by Gasteiger charge is 2.18. The van der Waals surface area contributed by atoms with E-state index in [2.05, 4.69) is 10.2 Å². The Balaban J connectivity index is 1.91. The predicted molar refractivity (Wildman–Crippen MR) is 74.3 cm³/mol. The summed E-state index contributed by atoms with van der Waals surface area (Å²) in [5.74, 6) is 0.497. The number of aromatic amines is 1. The molecule has 1 N–H and O–H groups in total. The number of hydrogen-bond donors (Lipinski definition) is 1. The van der Waals surface area contributed by atoms with E-state index in [0.29, 0.717) is 17.5 Å². The highest BCUT2D eigenvalue weighted by Crippen LogP contribution is 2.16. The molecule has 0 spiro atoms. The summed E-state index contributed by atoms with van der Waals surface area (Å²) in [6.07, 6.45) is 4.28. The molecule has 0 atom stereocenters. The molecule has 0 radical (unpaired) electrons. The third kappa shape index (κ3) is 3.62. The molecule has 1 amide bonds. The summed E-state index contributed by atoms with van der Waals surface area (Å²) in [6.45, 7) is 4.37. The van der Waals surface area contributed by atoms with Crippen LogP contribution in [-0.2, 0) is 11.3 Å². The molecule has 0 aliphatic carbocycles. The number of rotatable bonds is 5. The van der Waals surface area contributed by atoms with E-state index in [9.17, 15) is 9.59 Å². The SMILES string of the molecule is CCCn1c(SCC(=O)N2CCCCC2)n[nH]c1=O. The van der Waals surface area contributed by atoms with Gasteiger partial charge in [0, 0.05) is 19.6 Å². The maximum Gasteiger partial charge on any atom is 0.343 e. The van der Waals surface area contributed by atoms with Crippen LogP contribution in [0.25, 0.3) is 0 Å². The van der Waals surface area contributed by atoms with Gasteiger partial charge in [0.1, 0.15) is 0 Å². The molecule has 1 aliphatic rings. The molecule has 1 aromatic heterocycles. The van der Waals surface area contributed by atoms with Crippen molar-refractivity contribution in [2.45, 2.75) is 44.3 Å². The molecule has 0 unspecified atom stereocenters. The van der Waals surface area contributed by atoms with Crippen LogP contribution in [0.4, 0.5) is 0 Å². The Labute approximate surface area is 116 Å². The van der Waals surface area contributed by atoms with E-state index in [1.165, 1.54) is 18.2 Å². The predicted octanol–water partition coefficient (Wildman–Crippen LogP) is 1.09. The van der Waals surface area contributed by atoms with Gasteiger partial charge in [-0.2, -0.15) is 0 Å². The number of aromatic nitrogens is 3. The summed E-state index contributed by atoms with van der Waals surface area (Å²) in [5, 5.41) is 7.01. The number of amides is 1. The van der Waals surface area contributed by atoms with Gasteiger partial charge in [0.15, 0.2) is 5.16 Å². The molecule has 7 heteroatoms. The third-order valence-corrected chi connectivity index (χ3v) is 4.17. The zero-order valence-corrected chi connectivity index (χ0v) is 12.0. The molecule has 19 heavy (non-hydrogen) atoms. The number of nitrogens with zero attached hydrogens (tertiary/aromatic N) is 3. The summed E-state index contributed by atoms with van der Waals surface area (Å²) in [7, 11) is 0. The summed E-state index contributed by atoms with van der Waals surface area (Å²) in [4.78, 5) is 25.4. The molecule has 6 nitrogen and oxygen atoms in total. The Morgan fingerprint density at radius 1 is 1.37 bits per heavy atom. The first-order chi connectivity index (χ1) is 9.22. The van der Waals surface area contributed by atoms with Gasteiger partial charge in [-0.15, -0.1) is 5.10 Å². The molecule has 106 valence electrons. The summed E-state index contributed by atoms with van der Waals surface area (Å²) < 4.78 is 1.59. The maximum atomic E-state index is 12.0. The number of piperidine rings is 1. The third-order valence-electron chi connectivity index (χ3n) is 3.20. The van der Waals surface area contributed by atoms with Crippen LogP contribution in [0.5, 0.6) is 0 Å². The lowest BCUT2D eigenvalue weighted by atomic mass is 10.1. The Kier molecular flexibility index (Phi) is 5.07. The average molecular weight is 284 g/mol. The lowest BCUT2D eigenvalue weighted by Crippen LogP contribution is -2.36. The molecule has 1 fully saturated rings. The van der Waals surface area contributed by atoms with E-state index in [1.54, 1.807) is 4.57 Å². The molecule has 1 aromatic rings. The van der Waals surface area contributed by atoms with Crippen LogP contribution in [0.2, 0.25) is 0 Å². The van der Waals surface area contributed by atoms with E-state index in [1.807, 2.05) is 11.8 Å². The van der Waals surface area contributed by atoms with Gasteiger partial charge >= 0.3 is 5.69 Å². The van der Waals surface area contributed by atoms with Crippen LogP contribution < -0.4 is 5.69 Å². The monoisotopic (exact) mass is 284 g/mol. The van der Waals surface area contributed by atoms with Gasteiger partial charge in [0.05, 0.1) is 5.75 Å². The quantitative estimate of drug-likeness (QED) is 0.822. The normalized spacial score (nSPS) is 15.7. The number of thioether (sulfide) groups is 1. The topological polar surface area (TPSA) is 71.0 Å². The first kappa shape index (κ1) is 14.2. The molecular weight excluding hydrogens is 264 g/mol. The largest absolute Gasteiger partial charge is 0.343 e. The smallest absolute Gasteiger partial charge is 0.342 e.